The molecule has 0 saturated carbocycles. The molecular formula is C18H28N2O3. The average molecular weight is 320 g/mol. The first kappa shape index (κ1) is 17.9. The number of hydrogen-bond acceptors (Lipinski definition) is 4. The Balaban J connectivity index is 1.88. The molecule has 0 spiro atoms. The summed E-state index contributed by atoms with van der Waals surface area (Å²) in [6, 6.07) is 7.76. The maximum absolute atomic E-state index is 12.3. The fraction of sp³-hybridized carbons (Fsp3) is 0.611. The number of benzene rings is 1. The molecule has 1 heterocycles. The predicted octanol–water partition coefficient (Wildman–Crippen LogP) is 1.18. The van der Waals surface area contributed by atoms with Gasteiger partial charge in [-0.05, 0) is 57.9 Å². The van der Waals surface area contributed by atoms with E-state index in [4.69, 9.17) is 0 Å². The van der Waals surface area contributed by atoms with Gasteiger partial charge in [0.05, 0.1) is 12.2 Å². The van der Waals surface area contributed by atoms with Gasteiger partial charge >= 0.3 is 0 Å². The van der Waals surface area contributed by atoms with E-state index in [0.29, 0.717) is 12.0 Å². The molecular weight excluding hydrogens is 292 g/mol. The number of aryl methyl sites for hydroxylation is 1. The number of likely N-dealkylation sites (tertiary alicyclic amines) is 1. The molecule has 1 fully saturated rings. The third kappa shape index (κ3) is 5.30. The number of amides is 1. The number of aliphatic hydroxyl groups is 2. The molecule has 2 rings (SSSR count). The smallest absolute Gasteiger partial charge is 0.251 e. The van der Waals surface area contributed by atoms with E-state index in [1.807, 2.05) is 31.3 Å². The molecule has 23 heavy (non-hydrogen) atoms. The summed E-state index contributed by atoms with van der Waals surface area (Å²) in [5, 5.41) is 22.1. The van der Waals surface area contributed by atoms with Crippen LogP contribution < -0.4 is 5.32 Å². The van der Waals surface area contributed by atoms with Crippen LogP contribution in [0.2, 0.25) is 0 Å². The van der Waals surface area contributed by atoms with Crippen molar-refractivity contribution in [1.82, 2.24) is 10.2 Å². The summed E-state index contributed by atoms with van der Waals surface area (Å²) < 4.78 is 0. The minimum absolute atomic E-state index is 0.0731. The van der Waals surface area contributed by atoms with E-state index in [-0.39, 0.29) is 24.6 Å². The lowest BCUT2D eigenvalue weighted by molar-refractivity contribution is 0.0713. The highest BCUT2D eigenvalue weighted by atomic mass is 16.3. The second-order valence-electron chi connectivity index (χ2n) is 7.19. The highest BCUT2D eigenvalue weighted by molar-refractivity contribution is 5.94. The van der Waals surface area contributed by atoms with Gasteiger partial charge in [-0.25, -0.2) is 0 Å². The maximum Gasteiger partial charge on any atom is 0.251 e. The number of nitrogens with one attached hydrogen (secondary N) is 1. The molecule has 1 saturated heterocycles. The van der Waals surface area contributed by atoms with Gasteiger partial charge in [-0.2, -0.15) is 0 Å². The summed E-state index contributed by atoms with van der Waals surface area (Å²) in [5.41, 5.74) is 1.09. The topological polar surface area (TPSA) is 72.8 Å². The SMILES string of the molecule is CN1C[C@H](NC(=O)c2ccc(CCC(C)(C)O)cc2)C[C@H]1CO. The molecule has 0 aliphatic carbocycles. The number of rotatable bonds is 6. The molecule has 2 atom stereocenters. The lowest BCUT2D eigenvalue weighted by Crippen LogP contribution is -2.36. The van der Waals surface area contributed by atoms with Crippen molar-refractivity contribution in [3.8, 4) is 0 Å². The van der Waals surface area contributed by atoms with Crippen molar-refractivity contribution >= 4 is 5.91 Å². The van der Waals surface area contributed by atoms with Crippen LogP contribution in [0, 0.1) is 0 Å². The summed E-state index contributed by atoms with van der Waals surface area (Å²) >= 11 is 0. The van der Waals surface area contributed by atoms with Gasteiger partial charge in [0.25, 0.3) is 5.91 Å². The largest absolute Gasteiger partial charge is 0.395 e. The van der Waals surface area contributed by atoms with Crippen LogP contribution in [0.1, 0.15) is 42.6 Å². The number of carbonyl (C=O) groups excluding carboxylic acids is 1. The van der Waals surface area contributed by atoms with Crippen molar-refractivity contribution in [3.63, 3.8) is 0 Å². The first-order chi connectivity index (χ1) is 10.8. The average Bonchev–Trinajstić information content (AvgIpc) is 2.84. The molecule has 0 aromatic heterocycles. The Bertz CT molecular complexity index is 522. The Morgan fingerprint density at radius 2 is 2.00 bits per heavy atom. The summed E-state index contributed by atoms with van der Waals surface area (Å²) in [6.45, 7) is 4.49. The second kappa shape index (κ2) is 7.43. The molecule has 5 heteroatoms. The maximum atomic E-state index is 12.3. The summed E-state index contributed by atoms with van der Waals surface area (Å²) in [7, 11) is 1.96. The zero-order valence-electron chi connectivity index (χ0n) is 14.2. The fourth-order valence-electron chi connectivity index (χ4n) is 2.94. The van der Waals surface area contributed by atoms with E-state index in [1.165, 1.54) is 0 Å². The molecule has 0 bridgehead atoms. The number of aliphatic hydroxyl groups excluding tert-OH is 1. The number of carbonyl (C=O) groups is 1. The lowest BCUT2D eigenvalue weighted by Gasteiger charge is -2.16. The van der Waals surface area contributed by atoms with Crippen molar-refractivity contribution in [2.75, 3.05) is 20.2 Å². The normalized spacial score (nSPS) is 22.3. The van der Waals surface area contributed by atoms with Crippen LogP contribution in [0.15, 0.2) is 24.3 Å². The molecule has 128 valence electrons. The van der Waals surface area contributed by atoms with Gasteiger partial charge in [0.15, 0.2) is 0 Å². The van der Waals surface area contributed by atoms with Gasteiger partial charge in [-0.1, -0.05) is 12.1 Å². The van der Waals surface area contributed by atoms with Gasteiger partial charge in [-0.15, -0.1) is 0 Å². The predicted molar refractivity (Wildman–Crippen MR) is 90.4 cm³/mol. The minimum atomic E-state index is -0.673. The Morgan fingerprint density at radius 1 is 1.35 bits per heavy atom. The van der Waals surface area contributed by atoms with Gasteiger partial charge in [0.2, 0.25) is 0 Å². The molecule has 1 aromatic carbocycles. The van der Waals surface area contributed by atoms with E-state index in [1.54, 1.807) is 13.8 Å². The van der Waals surface area contributed by atoms with Crippen LogP contribution in [0.25, 0.3) is 0 Å². The highest BCUT2D eigenvalue weighted by Crippen LogP contribution is 2.17. The zero-order chi connectivity index (χ0) is 17.0. The fourth-order valence-corrected chi connectivity index (χ4v) is 2.94. The third-order valence-electron chi connectivity index (χ3n) is 4.48. The number of likely N-dealkylation sites (N-methyl/N-ethyl adjacent to an activating group) is 1. The van der Waals surface area contributed by atoms with E-state index < -0.39 is 5.60 Å². The molecule has 1 aliphatic heterocycles. The third-order valence-corrected chi connectivity index (χ3v) is 4.48. The zero-order valence-corrected chi connectivity index (χ0v) is 14.2. The van der Waals surface area contributed by atoms with E-state index in [0.717, 1.165) is 24.9 Å². The first-order valence-electron chi connectivity index (χ1n) is 8.22. The van der Waals surface area contributed by atoms with Crippen LogP contribution in [-0.4, -0.2) is 58.9 Å². The quantitative estimate of drug-likeness (QED) is 0.736. The second-order valence-corrected chi connectivity index (χ2v) is 7.19. The van der Waals surface area contributed by atoms with Crippen molar-refractivity contribution < 1.29 is 15.0 Å². The molecule has 0 unspecified atom stereocenters. The molecule has 1 amide bonds. The highest BCUT2D eigenvalue weighted by Gasteiger charge is 2.29. The standard InChI is InChI=1S/C18H28N2O3/c1-18(2,23)9-8-13-4-6-14(7-5-13)17(22)19-15-10-16(12-21)20(3)11-15/h4-7,15-16,21,23H,8-12H2,1-3H3,(H,19,22)/t15-,16+/m1/s1. The van der Waals surface area contributed by atoms with E-state index in [2.05, 4.69) is 10.2 Å². The molecule has 5 nitrogen and oxygen atoms in total. The molecule has 1 aliphatic rings. The van der Waals surface area contributed by atoms with Crippen LogP contribution in [0.3, 0.4) is 0 Å². The van der Waals surface area contributed by atoms with Crippen molar-refractivity contribution in [1.29, 1.82) is 0 Å². The lowest BCUT2D eigenvalue weighted by atomic mass is 9.98. The number of hydrogen-bond donors (Lipinski definition) is 3. The van der Waals surface area contributed by atoms with Gasteiger partial charge in [-0.3, -0.25) is 9.69 Å². The van der Waals surface area contributed by atoms with Gasteiger partial charge < -0.3 is 15.5 Å². The monoisotopic (exact) mass is 320 g/mol. The van der Waals surface area contributed by atoms with Crippen LogP contribution >= 0.6 is 0 Å². The first-order valence-corrected chi connectivity index (χ1v) is 8.22. The van der Waals surface area contributed by atoms with Crippen LogP contribution in [0.4, 0.5) is 0 Å². The van der Waals surface area contributed by atoms with Crippen molar-refractivity contribution in [3.05, 3.63) is 35.4 Å². The Labute approximate surface area is 138 Å². The van der Waals surface area contributed by atoms with Crippen LogP contribution in [0.5, 0.6) is 0 Å². The van der Waals surface area contributed by atoms with E-state index in [9.17, 15) is 15.0 Å². The Hall–Kier alpha value is -1.43. The Kier molecular flexibility index (Phi) is 5.79. The minimum Gasteiger partial charge on any atom is -0.395 e. The summed E-state index contributed by atoms with van der Waals surface area (Å²) in [6.07, 6.45) is 2.26. The summed E-state index contributed by atoms with van der Waals surface area (Å²) in [5.74, 6) is -0.0731. The molecule has 3 N–H and O–H groups in total. The van der Waals surface area contributed by atoms with Crippen LogP contribution in [-0.2, 0) is 6.42 Å². The van der Waals surface area contributed by atoms with Crippen molar-refractivity contribution in [2.45, 2.75) is 50.8 Å². The molecule has 1 aromatic rings. The summed E-state index contributed by atoms with van der Waals surface area (Å²) in [4.78, 5) is 14.4. The molecule has 0 radical (unpaired) electrons. The van der Waals surface area contributed by atoms with Crippen molar-refractivity contribution in [2.24, 2.45) is 0 Å². The Morgan fingerprint density at radius 3 is 2.52 bits per heavy atom. The van der Waals surface area contributed by atoms with Gasteiger partial charge in [0, 0.05) is 24.2 Å². The number of nitrogens with zero attached hydrogens (tertiary/aromatic N) is 1. The van der Waals surface area contributed by atoms with E-state index >= 15 is 0 Å². The van der Waals surface area contributed by atoms with Gasteiger partial charge in [0.1, 0.15) is 0 Å².